The Morgan fingerprint density at radius 3 is 1.59 bits per heavy atom. The molecule has 0 fully saturated rings. The van der Waals surface area contributed by atoms with Gasteiger partial charge in [0.2, 0.25) is 0 Å². The van der Waals surface area contributed by atoms with Gasteiger partial charge in [-0.15, -0.1) is 0 Å². The van der Waals surface area contributed by atoms with Crippen molar-refractivity contribution in [3.05, 3.63) is 53.6 Å². The Bertz CT molecular complexity index is 759. The Kier molecular flexibility index (Phi) is 8.20. The van der Waals surface area contributed by atoms with E-state index < -0.39 is 0 Å². The first-order chi connectivity index (χ1) is 12.4. The summed E-state index contributed by atoms with van der Waals surface area (Å²) in [7, 11) is 0. The summed E-state index contributed by atoms with van der Waals surface area (Å²) in [4.78, 5) is 0. The molecule has 27 heavy (non-hydrogen) atoms. The molecule has 1 heterocycles. The van der Waals surface area contributed by atoms with Gasteiger partial charge in [-0.1, -0.05) is 86.1 Å². The van der Waals surface area contributed by atoms with Gasteiger partial charge in [0, 0.05) is 5.69 Å². The molecule has 2 aromatic carbocycles. The van der Waals surface area contributed by atoms with Gasteiger partial charge >= 0.3 is 0 Å². The first-order valence-electron chi connectivity index (χ1n) is 9.91. The van der Waals surface area contributed by atoms with E-state index in [1.165, 1.54) is 22.2 Å². The maximum absolute atomic E-state index is 6.00. The summed E-state index contributed by atoms with van der Waals surface area (Å²) in [6.07, 6.45) is 2.23. The van der Waals surface area contributed by atoms with Crippen LogP contribution in [0, 0.1) is 5.41 Å². The quantitative estimate of drug-likeness (QED) is 0.416. The van der Waals surface area contributed by atoms with Crippen LogP contribution in [0.15, 0.2) is 42.5 Å². The minimum absolute atomic E-state index is 0.193. The highest BCUT2D eigenvalue weighted by Crippen LogP contribution is 2.26. The number of aromatic amines is 2. The van der Waals surface area contributed by atoms with Gasteiger partial charge in [-0.05, 0) is 46.6 Å². The lowest BCUT2D eigenvalue weighted by molar-refractivity contribution is 0.469. The van der Waals surface area contributed by atoms with Crippen LogP contribution in [-0.4, -0.2) is 10.2 Å². The number of nitrogens with two attached hydrogens (primary N) is 1. The fourth-order valence-electron chi connectivity index (χ4n) is 2.33. The van der Waals surface area contributed by atoms with E-state index in [2.05, 4.69) is 83.8 Å². The number of nitrogen functional groups attached to an aromatic ring is 1. The molecule has 150 valence electrons. The van der Waals surface area contributed by atoms with Crippen molar-refractivity contribution in [2.75, 3.05) is 5.73 Å². The summed E-state index contributed by atoms with van der Waals surface area (Å²) in [6.45, 7) is 17.6. The van der Waals surface area contributed by atoms with Gasteiger partial charge in [0.1, 0.15) is 0 Å². The van der Waals surface area contributed by atoms with Gasteiger partial charge in [-0.2, -0.15) is 0 Å². The second-order valence-electron chi connectivity index (χ2n) is 9.71. The summed E-state index contributed by atoms with van der Waals surface area (Å²) in [6, 6.07) is 14.6. The normalized spacial score (nSPS) is 11.4. The molecule has 0 aliphatic carbocycles. The molecule has 0 unspecified atom stereocenters. The van der Waals surface area contributed by atoms with E-state index in [0.29, 0.717) is 5.41 Å². The van der Waals surface area contributed by atoms with Crippen LogP contribution < -0.4 is 5.73 Å². The molecule has 3 heteroatoms. The zero-order valence-corrected chi connectivity index (χ0v) is 18.5. The highest BCUT2D eigenvalue weighted by Gasteiger charge is 2.14. The molecule has 0 spiro atoms. The van der Waals surface area contributed by atoms with E-state index in [4.69, 9.17) is 5.73 Å². The maximum Gasteiger partial charge on any atom is 0.0789 e. The fraction of sp³-hybridized carbons (Fsp3) is 0.500. The molecule has 0 saturated heterocycles. The summed E-state index contributed by atoms with van der Waals surface area (Å²) >= 11 is 0. The lowest BCUT2D eigenvalue weighted by Crippen LogP contribution is -2.11. The number of H-pyrrole nitrogens is 2. The Morgan fingerprint density at radius 2 is 1.30 bits per heavy atom. The average Bonchev–Trinajstić information content (AvgIpc) is 2.49. The summed E-state index contributed by atoms with van der Waals surface area (Å²) in [5.41, 5.74) is 12.6. The first-order valence-corrected chi connectivity index (χ1v) is 9.91. The number of hydrogen-bond acceptors (Lipinski definition) is 1. The Morgan fingerprint density at radius 1 is 0.815 bits per heavy atom. The topological polar surface area (TPSA) is 57.6 Å². The molecule has 4 N–H and O–H groups in total. The van der Waals surface area contributed by atoms with Crippen LogP contribution in [0.2, 0.25) is 0 Å². The zero-order valence-electron chi connectivity index (χ0n) is 18.5. The van der Waals surface area contributed by atoms with Crippen LogP contribution in [0.3, 0.4) is 0 Å². The van der Waals surface area contributed by atoms with Crippen molar-refractivity contribution in [1.29, 1.82) is 0 Å². The van der Waals surface area contributed by atoms with Gasteiger partial charge in [0.15, 0.2) is 0 Å². The molecule has 3 rings (SSSR count). The van der Waals surface area contributed by atoms with Crippen molar-refractivity contribution in [3.8, 4) is 0 Å². The molecule has 1 aromatic heterocycles. The van der Waals surface area contributed by atoms with Crippen molar-refractivity contribution >= 4 is 16.7 Å². The van der Waals surface area contributed by atoms with Crippen LogP contribution >= 0.6 is 0 Å². The maximum atomic E-state index is 6.00. The molecular formula is C24H39N3. The Balaban J connectivity index is 0.000000234. The number of benzene rings is 2. The molecule has 0 atom stereocenters. The van der Waals surface area contributed by atoms with E-state index in [0.717, 1.165) is 18.5 Å². The molecule has 0 radical (unpaired) electrons. The highest BCUT2D eigenvalue weighted by molar-refractivity contribution is 5.75. The largest absolute Gasteiger partial charge is 0.398 e. The summed E-state index contributed by atoms with van der Waals surface area (Å²) in [5.74, 6) is 0. The number of hydrogen-bond donors (Lipinski definition) is 3. The van der Waals surface area contributed by atoms with E-state index in [9.17, 15) is 0 Å². The minimum Gasteiger partial charge on any atom is -0.398 e. The number of anilines is 1. The van der Waals surface area contributed by atoms with Crippen LogP contribution in [0.1, 0.15) is 72.9 Å². The van der Waals surface area contributed by atoms with Crippen molar-refractivity contribution in [2.45, 2.75) is 73.6 Å². The molecule has 0 aliphatic rings. The SMILES string of the molecule is CC(C)(C)C.CCCc1ccc(C(C)(C)C)cc1N.c1ccc2[nH][nH]c2c1. The van der Waals surface area contributed by atoms with Gasteiger partial charge in [0.05, 0.1) is 11.0 Å². The van der Waals surface area contributed by atoms with Gasteiger partial charge in [-0.25, -0.2) is 0 Å². The first kappa shape index (κ1) is 22.9. The van der Waals surface area contributed by atoms with Gasteiger partial charge < -0.3 is 5.73 Å². The molecule has 0 saturated carbocycles. The Labute approximate surface area is 165 Å². The number of fused-ring (bicyclic) bond motifs is 1. The lowest BCUT2D eigenvalue weighted by atomic mass is 9.86. The van der Waals surface area contributed by atoms with Crippen LogP contribution in [0.4, 0.5) is 5.69 Å². The fourth-order valence-corrected chi connectivity index (χ4v) is 2.33. The number of aromatic nitrogens is 2. The van der Waals surface area contributed by atoms with Crippen LogP contribution in [0.25, 0.3) is 11.0 Å². The van der Waals surface area contributed by atoms with E-state index in [1.807, 2.05) is 24.3 Å². The summed E-state index contributed by atoms with van der Waals surface area (Å²) < 4.78 is 0. The number of nitrogens with one attached hydrogen (secondary N) is 2. The minimum atomic E-state index is 0.193. The van der Waals surface area contributed by atoms with Crippen molar-refractivity contribution < 1.29 is 0 Å². The van der Waals surface area contributed by atoms with Crippen LogP contribution in [0.5, 0.6) is 0 Å². The lowest BCUT2D eigenvalue weighted by Gasteiger charge is -2.20. The standard InChI is InChI=1S/C13H21N.C6H6N2.C5H12/c1-5-6-10-7-8-11(9-12(10)14)13(2,3)4;1-2-4-6-5(3-1)7-8-6;1-5(2,3)4/h7-9H,5-6,14H2,1-4H3;1-4,7-8H;1-4H3. The zero-order chi connectivity index (χ0) is 20.7. The number of aryl methyl sites for hydroxylation is 1. The second kappa shape index (κ2) is 9.68. The Hall–Kier alpha value is -2.16. The monoisotopic (exact) mass is 369 g/mol. The molecule has 0 bridgehead atoms. The number of para-hydroxylation sites is 2. The van der Waals surface area contributed by atoms with E-state index >= 15 is 0 Å². The molecule has 0 amide bonds. The van der Waals surface area contributed by atoms with Crippen molar-refractivity contribution in [1.82, 2.24) is 10.2 Å². The van der Waals surface area contributed by atoms with Crippen LogP contribution in [-0.2, 0) is 11.8 Å². The van der Waals surface area contributed by atoms with E-state index in [-0.39, 0.29) is 5.41 Å². The van der Waals surface area contributed by atoms with E-state index in [1.54, 1.807) is 0 Å². The molecule has 3 aromatic rings. The predicted molar refractivity (Wildman–Crippen MR) is 121 cm³/mol. The third-order valence-electron chi connectivity index (χ3n) is 3.79. The molecule has 3 nitrogen and oxygen atoms in total. The highest BCUT2D eigenvalue weighted by atomic mass is 15.1. The van der Waals surface area contributed by atoms with Gasteiger partial charge in [0.25, 0.3) is 0 Å². The summed E-state index contributed by atoms with van der Waals surface area (Å²) in [5, 5.41) is 5.88. The predicted octanol–water partition coefficient (Wildman–Crippen LogP) is 7.07. The average molecular weight is 370 g/mol. The third kappa shape index (κ3) is 8.85. The number of rotatable bonds is 2. The molecular weight excluding hydrogens is 330 g/mol. The van der Waals surface area contributed by atoms with Crippen molar-refractivity contribution in [2.24, 2.45) is 5.41 Å². The smallest absolute Gasteiger partial charge is 0.0789 e. The van der Waals surface area contributed by atoms with Gasteiger partial charge in [-0.3, -0.25) is 10.2 Å². The van der Waals surface area contributed by atoms with Crippen molar-refractivity contribution in [3.63, 3.8) is 0 Å². The third-order valence-corrected chi connectivity index (χ3v) is 3.79. The second-order valence-corrected chi connectivity index (χ2v) is 9.71. The molecule has 0 aliphatic heterocycles.